The highest BCUT2D eigenvalue weighted by atomic mass is 32.2. The number of hydrogen-bond acceptors (Lipinski definition) is 6. The Hall–Kier alpha value is -3.18. The van der Waals surface area contributed by atoms with E-state index in [1.54, 1.807) is 33.1 Å². The maximum Gasteiger partial charge on any atom is 0.244 e. The van der Waals surface area contributed by atoms with Crippen molar-refractivity contribution in [3.05, 3.63) is 83.2 Å². The quantitative estimate of drug-likeness (QED) is 0.415. The van der Waals surface area contributed by atoms with E-state index in [4.69, 9.17) is 9.47 Å². The number of benzene rings is 2. The first-order valence-electron chi connectivity index (χ1n) is 14.2. The molecule has 1 fully saturated rings. The minimum Gasteiger partial charge on any atom is -0.497 e. The van der Waals surface area contributed by atoms with Gasteiger partial charge in [-0.3, -0.25) is 9.69 Å². The first-order valence-corrected chi connectivity index (χ1v) is 15.6. The maximum atomic E-state index is 14.3. The monoisotopic (exact) mass is 580 g/mol. The van der Waals surface area contributed by atoms with E-state index in [2.05, 4.69) is 14.8 Å². The fraction of sp³-hybridized carbons (Fsp3) is 0.452. The molecular formula is C31H40N4O5S. The molecule has 10 heteroatoms. The highest BCUT2D eigenvalue weighted by Crippen LogP contribution is 2.39. The predicted molar refractivity (Wildman–Crippen MR) is 157 cm³/mol. The standard InChI is InChI=1S/C31H40N4O5S/c1-22-19-26(39-4)20-23(2)30(22)41(37,38)35-14-13-34-12-8-11-28(34)29(35)24(3)31(36)32-27(25-9-6-5-7-10-25)21-33-15-17-40-18-16-33/h5-12,19-20,24,27,29H,13-18,21H2,1-4H3,(H,32,36). The van der Waals surface area contributed by atoms with Crippen LogP contribution in [0.25, 0.3) is 0 Å². The Morgan fingerprint density at radius 2 is 1.71 bits per heavy atom. The van der Waals surface area contributed by atoms with Crippen LogP contribution in [0, 0.1) is 19.8 Å². The van der Waals surface area contributed by atoms with Gasteiger partial charge in [0.15, 0.2) is 0 Å². The summed E-state index contributed by atoms with van der Waals surface area (Å²) in [5.74, 6) is -0.216. The summed E-state index contributed by atoms with van der Waals surface area (Å²) in [5.41, 5.74) is 3.07. The fourth-order valence-corrected chi connectivity index (χ4v) is 8.21. The molecule has 0 saturated carbocycles. The van der Waals surface area contributed by atoms with E-state index in [0.29, 0.717) is 43.2 Å². The number of hydrogen-bond donors (Lipinski definition) is 1. The zero-order valence-corrected chi connectivity index (χ0v) is 25.1. The molecule has 1 aromatic heterocycles. The first kappa shape index (κ1) is 29.3. The molecular weight excluding hydrogens is 540 g/mol. The number of ether oxygens (including phenoxy) is 2. The third kappa shape index (κ3) is 6.06. The van der Waals surface area contributed by atoms with E-state index in [1.165, 1.54) is 4.31 Å². The highest BCUT2D eigenvalue weighted by molar-refractivity contribution is 7.89. The summed E-state index contributed by atoms with van der Waals surface area (Å²) < 4.78 is 43.1. The van der Waals surface area contributed by atoms with Crippen molar-refractivity contribution >= 4 is 15.9 Å². The zero-order chi connectivity index (χ0) is 29.1. The van der Waals surface area contributed by atoms with Crippen molar-refractivity contribution in [2.75, 3.05) is 46.5 Å². The van der Waals surface area contributed by atoms with Gasteiger partial charge in [0.2, 0.25) is 15.9 Å². The van der Waals surface area contributed by atoms with Gasteiger partial charge in [0.25, 0.3) is 0 Å². The van der Waals surface area contributed by atoms with E-state index in [-0.39, 0.29) is 23.4 Å². The summed E-state index contributed by atoms with van der Waals surface area (Å²) in [7, 11) is -2.37. The summed E-state index contributed by atoms with van der Waals surface area (Å²) in [6.07, 6.45) is 1.95. The Balaban J connectivity index is 1.47. The van der Waals surface area contributed by atoms with E-state index >= 15 is 0 Å². The van der Waals surface area contributed by atoms with Crippen LogP contribution in [0.3, 0.4) is 0 Å². The number of rotatable bonds is 9. The van der Waals surface area contributed by atoms with Gasteiger partial charge in [-0.25, -0.2) is 8.42 Å². The number of methoxy groups -OCH3 is 1. The lowest BCUT2D eigenvalue weighted by atomic mass is 9.95. The second-order valence-electron chi connectivity index (χ2n) is 11.0. The fourth-order valence-electron chi connectivity index (χ4n) is 6.13. The number of aromatic nitrogens is 1. The van der Waals surface area contributed by atoms with Crippen molar-refractivity contribution in [3.63, 3.8) is 0 Å². The molecule has 3 aromatic rings. The Bertz CT molecular complexity index is 1440. The number of aryl methyl sites for hydroxylation is 2. The van der Waals surface area contributed by atoms with Gasteiger partial charge in [-0.1, -0.05) is 37.3 Å². The van der Waals surface area contributed by atoms with Crippen LogP contribution < -0.4 is 10.1 Å². The van der Waals surface area contributed by atoms with Crippen LogP contribution >= 0.6 is 0 Å². The SMILES string of the molecule is COc1cc(C)c(S(=O)(=O)N2CCn3cccc3C2C(C)C(=O)NC(CN2CCOCC2)c2ccccc2)c(C)c1. The lowest BCUT2D eigenvalue weighted by molar-refractivity contribution is -0.127. The second-order valence-corrected chi connectivity index (χ2v) is 12.8. The molecule has 3 unspecified atom stereocenters. The number of morpholine rings is 1. The van der Waals surface area contributed by atoms with E-state index < -0.39 is 22.0 Å². The van der Waals surface area contributed by atoms with Crippen LogP contribution in [0.4, 0.5) is 0 Å². The van der Waals surface area contributed by atoms with Crippen LogP contribution in [-0.2, 0) is 26.1 Å². The minimum absolute atomic E-state index is 0.185. The van der Waals surface area contributed by atoms with Crippen LogP contribution in [0.5, 0.6) is 5.75 Å². The molecule has 3 atom stereocenters. The Morgan fingerprint density at radius 1 is 1.02 bits per heavy atom. The average molecular weight is 581 g/mol. The average Bonchev–Trinajstić information content (AvgIpc) is 3.45. The van der Waals surface area contributed by atoms with E-state index in [0.717, 1.165) is 24.3 Å². The van der Waals surface area contributed by atoms with Gasteiger partial charge in [-0.2, -0.15) is 4.31 Å². The van der Waals surface area contributed by atoms with Gasteiger partial charge < -0.3 is 19.4 Å². The van der Waals surface area contributed by atoms with Crippen LogP contribution in [-0.4, -0.2) is 74.6 Å². The van der Waals surface area contributed by atoms with Gasteiger partial charge in [-0.15, -0.1) is 0 Å². The largest absolute Gasteiger partial charge is 0.497 e. The number of carbonyl (C=O) groups excluding carboxylic acids is 1. The predicted octanol–water partition coefficient (Wildman–Crippen LogP) is 3.68. The van der Waals surface area contributed by atoms with Crippen molar-refractivity contribution in [1.29, 1.82) is 0 Å². The van der Waals surface area contributed by atoms with Crippen LogP contribution in [0.2, 0.25) is 0 Å². The molecule has 2 aromatic carbocycles. The molecule has 2 aliphatic rings. The highest BCUT2D eigenvalue weighted by Gasteiger charge is 2.43. The third-order valence-corrected chi connectivity index (χ3v) is 10.4. The summed E-state index contributed by atoms with van der Waals surface area (Å²) in [4.78, 5) is 16.6. The van der Waals surface area contributed by atoms with Crippen LogP contribution in [0.1, 0.15) is 41.4 Å². The molecule has 1 amide bonds. The molecule has 1 N–H and O–H groups in total. The minimum atomic E-state index is -3.94. The number of nitrogens with zero attached hydrogens (tertiary/aromatic N) is 3. The number of nitrogens with one attached hydrogen (secondary N) is 1. The summed E-state index contributed by atoms with van der Waals surface area (Å²) >= 11 is 0. The van der Waals surface area contributed by atoms with E-state index in [1.807, 2.05) is 55.6 Å². The van der Waals surface area contributed by atoms with Crippen molar-refractivity contribution in [2.45, 2.75) is 44.3 Å². The van der Waals surface area contributed by atoms with Crippen LogP contribution in [0.15, 0.2) is 65.7 Å². The van der Waals surface area contributed by atoms with Crippen molar-refractivity contribution in [2.24, 2.45) is 5.92 Å². The summed E-state index contributed by atoms with van der Waals surface area (Å²) in [5, 5.41) is 3.28. The Kier molecular flexibility index (Phi) is 8.84. The smallest absolute Gasteiger partial charge is 0.244 e. The van der Waals surface area contributed by atoms with Crippen molar-refractivity contribution < 1.29 is 22.7 Å². The van der Waals surface area contributed by atoms with Gasteiger partial charge in [-0.05, 0) is 54.8 Å². The topological polar surface area (TPSA) is 93.1 Å². The van der Waals surface area contributed by atoms with Gasteiger partial charge in [0, 0.05) is 44.6 Å². The number of sulfonamides is 1. The third-order valence-electron chi connectivity index (χ3n) is 8.23. The van der Waals surface area contributed by atoms with Gasteiger partial charge in [0.05, 0.1) is 43.2 Å². The molecule has 3 heterocycles. The number of amides is 1. The molecule has 9 nitrogen and oxygen atoms in total. The summed E-state index contributed by atoms with van der Waals surface area (Å²) in [6.45, 7) is 9.79. The lowest BCUT2D eigenvalue weighted by Gasteiger charge is -2.39. The molecule has 0 radical (unpaired) electrons. The molecule has 1 saturated heterocycles. The molecule has 0 aliphatic carbocycles. The van der Waals surface area contributed by atoms with Crippen molar-refractivity contribution in [3.8, 4) is 5.75 Å². The van der Waals surface area contributed by atoms with Crippen molar-refractivity contribution in [1.82, 2.24) is 19.1 Å². The number of carbonyl (C=O) groups is 1. The second kappa shape index (κ2) is 12.4. The van der Waals surface area contributed by atoms with Gasteiger partial charge in [0.1, 0.15) is 5.75 Å². The maximum absolute atomic E-state index is 14.3. The normalized spacial score (nSPS) is 19.8. The molecule has 41 heavy (non-hydrogen) atoms. The molecule has 5 rings (SSSR count). The zero-order valence-electron chi connectivity index (χ0n) is 24.2. The molecule has 0 bridgehead atoms. The first-order chi connectivity index (χ1) is 19.7. The Labute approximate surface area is 243 Å². The Morgan fingerprint density at radius 3 is 2.37 bits per heavy atom. The number of fused-ring (bicyclic) bond motifs is 1. The summed E-state index contributed by atoms with van der Waals surface area (Å²) in [6, 6.07) is 16.4. The molecule has 2 aliphatic heterocycles. The van der Waals surface area contributed by atoms with E-state index in [9.17, 15) is 13.2 Å². The molecule has 220 valence electrons. The lowest BCUT2D eigenvalue weighted by Crippen LogP contribution is -2.49. The van der Waals surface area contributed by atoms with Gasteiger partial charge >= 0.3 is 0 Å². The molecule has 0 spiro atoms.